The summed E-state index contributed by atoms with van der Waals surface area (Å²) in [5.74, 6) is 4.60. The Morgan fingerprint density at radius 1 is 1.28 bits per heavy atom. The van der Waals surface area contributed by atoms with Gasteiger partial charge < -0.3 is 4.90 Å². The maximum absolute atomic E-state index is 2.50. The van der Waals surface area contributed by atoms with E-state index in [0.717, 1.165) is 5.92 Å². The average molecular weight is 281 g/mol. The van der Waals surface area contributed by atoms with Gasteiger partial charge in [-0.1, -0.05) is 32.0 Å². The van der Waals surface area contributed by atoms with Crippen LogP contribution in [0.15, 0.2) is 29.2 Å². The molecule has 1 atom stereocenters. The summed E-state index contributed by atoms with van der Waals surface area (Å²) in [6, 6.07) is 8.91. The van der Waals surface area contributed by atoms with Gasteiger partial charge in [0, 0.05) is 34.6 Å². The molecular weight excluding hydrogens is 258 g/mol. The monoisotopic (exact) mass is 281 g/mol. The van der Waals surface area contributed by atoms with Crippen LogP contribution in [0.4, 0.5) is 0 Å². The first-order valence-corrected chi connectivity index (χ1v) is 9.01. The van der Waals surface area contributed by atoms with Gasteiger partial charge >= 0.3 is 0 Å². The van der Waals surface area contributed by atoms with Crippen LogP contribution in [0.5, 0.6) is 0 Å². The van der Waals surface area contributed by atoms with Crippen LogP contribution in [0.25, 0.3) is 0 Å². The average Bonchev–Trinajstić information content (AvgIpc) is 2.82. The normalized spacial score (nSPS) is 18.3. The lowest BCUT2D eigenvalue weighted by molar-refractivity contribution is 0.324. The van der Waals surface area contributed by atoms with Gasteiger partial charge in [-0.25, -0.2) is 0 Å². The summed E-state index contributed by atoms with van der Waals surface area (Å²) in [5, 5.41) is 0. The predicted octanol–water partition coefficient (Wildman–Crippen LogP) is 3.95. The lowest BCUT2D eigenvalue weighted by Gasteiger charge is -2.18. The van der Waals surface area contributed by atoms with Crippen LogP contribution in [0.3, 0.4) is 0 Å². The highest BCUT2D eigenvalue weighted by Crippen LogP contribution is 2.40. The standard InChI is InChI=1S/C15H23NS2/c1-3-16(4-2)9-10-17-11-13-12-18-15-8-6-5-7-14(13)15/h5-8,13H,3-4,9-12H2,1-2H3. The van der Waals surface area contributed by atoms with Crippen molar-refractivity contribution in [3.63, 3.8) is 0 Å². The first-order valence-electron chi connectivity index (χ1n) is 6.87. The smallest absolute Gasteiger partial charge is 0.0108 e. The zero-order chi connectivity index (χ0) is 12.8. The molecule has 18 heavy (non-hydrogen) atoms. The van der Waals surface area contributed by atoms with Crippen LogP contribution in [0, 0.1) is 0 Å². The minimum atomic E-state index is 0.771. The molecule has 0 saturated carbocycles. The summed E-state index contributed by atoms with van der Waals surface area (Å²) in [7, 11) is 0. The maximum Gasteiger partial charge on any atom is 0.0108 e. The van der Waals surface area contributed by atoms with Crippen molar-refractivity contribution in [2.75, 3.05) is 36.9 Å². The SMILES string of the molecule is CCN(CC)CCSCC1CSc2ccccc21. The molecule has 0 spiro atoms. The first kappa shape index (κ1) is 14.3. The maximum atomic E-state index is 2.50. The number of hydrogen-bond donors (Lipinski definition) is 0. The molecule has 0 aliphatic carbocycles. The Morgan fingerprint density at radius 3 is 2.83 bits per heavy atom. The first-order chi connectivity index (χ1) is 8.85. The molecule has 3 heteroatoms. The van der Waals surface area contributed by atoms with E-state index < -0.39 is 0 Å². The van der Waals surface area contributed by atoms with Gasteiger partial charge in [-0.3, -0.25) is 0 Å². The summed E-state index contributed by atoms with van der Waals surface area (Å²) < 4.78 is 0. The van der Waals surface area contributed by atoms with Crippen LogP contribution in [0.1, 0.15) is 25.3 Å². The number of fused-ring (bicyclic) bond motifs is 1. The van der Waals surface area contributed by atoms with Crippen LogP contribution in [0.2, 0.25) is 0 Å². The second kappa shape index (κ2) is 7.46. The Kier molecular flexibility index (Phi) is 5.93. The minimum absolute atomic E-state index is 0.771. The van der Waals surface area contributed by atoms with E-state index in [9.17, 15) is 0 Å². The quantitative estimate of drug-likeness (QED) is 0.697. The molecule has 0 amide bonds. The molecule has 0 radical (unpaired) electrons. The number of nitrogens with zero attached hydrogens (tertiary/aromatic N) is 1. The molecule has 1 aliphatic heterocycles. The largest absolute Gasteiger partial charge is 0.303 e. The van der Waals surface area contributed by atoms with E-state index in [0.29, 0.717) is 0 Å². The summed E-state index contributed by atoms with van der Waals surface area (Å²) in [6.45, 7) is 8.09. The molecule has 1 aromatic carbocycles. The van der Waals surface area contributed by atoms with Crippen LogP contribution in [-0.4, -0.2) is 41.8 Å². The van der Waals surface area contributed by atoms with Crippen LogP contribution in [-0.2, 0) is 0 Å². The third kappa shape index (κ3) is 3.69. The lowest BCUT2D eigenvalue weighted by Crippen LogP contribution is -2.25. The molecule has 100 valence electrons. The van der Waals surface area contributed by atoms with E-state index in [1.165, 1.54) is 41.8 Å². The van der Waals surface area contributed by atoms with E-state index in [1.807, 2.05) is 11.8 Å². The molecule has 1 aromatic rings. The zero-order valence-corrected chi connectivity index (χ0v) is 13.0. The van der Waals surface area contributed by atoms with Crippen molar-refractivity contribution in [1.29, 1.82) is 0 Å². The summed E-state index contributed by atoms with van der Waals surface area (Å²) in [6.07, 6.45) is 0. The minimum Gasteiger partial charge on any atom is -0.303 e. The Balaban J connectivity index is 1.72. The number of rotatable bonds is 7. The summed E-state index contributed by atoms with van der Waals surface area (Å²) in [4.78, 5) is 4.01. The number of benzene rings is 1. The van der Waals surface area contributed by atoms with Gasteiger partial charge in [-0.2, -0.15) is 11.8 Å². The third-order valence-corrected chi connectivity index (χ3v) is 5.93. The summed E-state index contributed by atoms with van der Waals surface area (Å²) in [5.41, 5.74) is 1.58. The Morgan fingerprint density at radius 2 is 2.06 bits per heavy atom. The van der Waals surface area contributed by atoms with Crippen molar-refractivity contribution in [3.05, 3.63) is 29.8 Å². The van der Waals surface area contributed by atoms with E-state index in [4.69, 9.17) is 0 Å². The second-order valence-corrected chi connectivity index (χ2v) is 6.86. The molecule has 1 aliphatic rings. The highest BCUT2D eigenvalue weighted by Gasteiger charge is 2.22. The topological polar surface area (TPSA) is 3.24 Å². The number of thioether (sulfide) groups is 2. The molecule has 1 nitrogen and oxygen atoms in total. The van der Waals surface area contributed by atoms with Crippen molar-refractivity contribution in [3.8, 4) is 0 Å². The highest BCUT2D eigenvalue weighted by atomic mass is 32.2. The molecule has 0 aromatic heterocycles. The van der Waals surface area contributed by atoms with Gasteiger partial charge in [-0.15, -0.1) is 11.8 Å². The highest BCUT2D eigenvalue weighted by molar-refractivity contribution is 8.00. The van der Waals surface area contributed by atoms with Crippen molar-refractivity contribution < 1.29 is 0 Å². The Bertz CT molecular complexity index is 363. The predicted molar refractivity (Wildman–Crippen MR) is 85.0 cm³/mol. The molecule has 0 saturated heterocycles. The van der Waals surface area contributed by atoms with E-state index in [1.54, 1.807) is 5.56 Å². The molecule has 1 unspecified atom stereocenters. The van der Waals surface area contributed by atoms with E-state index in [2.05, 4.69) is 54.8 Å². The van der Waals surface area contributed by atoms with Crippen molar-refractivity contribution in [1.82, 2.24) is 4.90 Å². The molecular formula is C15H23NS2. The third-order valence-electron chi connectivity index (χ3n) is 3.56. The molecule has 0 N–H and O–H groups in total. The molecule has 1 heterocycles. The second-order valence-electron chi connectivity index (χ2n) is 4.65. The fraction of sp³-hybridized carbons (Fsp3) is 0.600. The van der Waals surface area contributed by atoms with E-state index >= 15 is 0 Å². The van der Waals surface area contributed by atoms with Gasteiger partial charge in [0.25, 0.3) is 0 Å². The Hall–Kier alpha value is -0.120. The Labute approximate surface area is 120 Å². The summed E-state index contributed by atoms with van der Waals surface area (Å²) >= 11 is 4.14. The molecule has 2 rings (SSSR count). The van der Waals surface area contributed by atoms with Crippen molar-refractivity contribution >= 4 is 23.5 Å². The lowest BCUT2D eigenvalue weighted by atomic mass is 10.0. The van der Waals surface area contributed by atoms with Gasteiger partial charge in [0.05, 0.1) is 0 Å². The van der Waals surface area contributed by atoms with Gasteiger partial charge in [-0.05, 0) is 24.7 Å². The van der Waals surface area contributed by atoms with Crippen molar-refractivity contribution in [2.24, 2.45) is 0 Å². The fourth-order valence-corrected chi connectivity index (χ4v) is 4.87. The number of hydrogen-bond acceptors (Lipinski definition) is 3. The van der Waals surface area contributed by atoms with Gasteiger partial charge in [0.2, 0.25) is 0 Å². The van der Waals surface area contributed by atoms with Gasteiger partial charge in [0.1, 0.15) is 0 Å². The molecule has 0 fully saturated rings. The molecule has 0 bridgehead atoms. The van der Waals surface area contributed by atoms with Crippen LogP contribution < -0.4 is 0 Å². The zero-order valence-electron chi connectivity index (χ0n) is 11.4. The van der Waals surface area contributed by atoms with Crippen molar-refractivity contribution in [2.45, 2.75) is 24.7 Å². The van der Waals surface area contributed by atoms with Crippen LogP contribution >= 0.6 is 23.5 Å². The van der Waals surface area contributed by atoms with Gasteiger partial charge in [0.15, 0.2) is 0 Å². The van der Waals surface area contributed by atoms with E-state index in [-0.39, 0.29) is 0 Å². The fourth-order valence-electron chi connectivity index (χ4n) is 2.33.